The number of benzene rings is 2. The largest absolute Gasteiger partial charge is 0.336 e. The van der Waals surface area contributed by atoms with Gasteiger partial charge in [-0.05, 0) is 35.6 Å². The van der Waals surface area contributed by atoms with Gasteiger partial charge in [0.2, 0.25) is 0 Å². The minimum absolute atomic E-state index is 0.0289. The van der Waals surface area contributed by atoms with E-state index in [1.165, 1.54) is 11.1 Å². The number of carbonyl (C=O) groups is 1. The molecule has 1 heterocycles. The number of piperidine rings is 1. The molecule has 2 N–H and O–H groups in total. The first-order valence-corrected chi connectivity index (χ1v) is 8.74. The van der Waals surface area contributed by atoms with Gasteiger partial charge in [-0.3, -0.25) is 4.79 Å². The molecule has 1 aliphatic heterocycles. The van der Waals surface area contributed by atoms with Crippen molar-refractivity contribution in [2.45, 2.75) is 38.1 Å². The second-order valence-corrected chi connectivity index (χ2v) is 7.09. The SMILES string of the molecule is CC(C)c1ccc(C2CC(N)CN(C(=O)c3ccccc3)C2)cc1. The highest BCUT2D eigenvalue weighted by atomic mass is 16.2. The zero-order chi connectivity index (χ0) is 17.1. The molecule has 1 saturated heterocycles. The third-order valence-electron chi connectivity index (χ3n) is 4.87. The van der Waals surface area contributed by atoms with Gasteiger partial charge in [0.15, 0.2) is 0 Å². The van der Waals surface area contributed by atoms with Gasteiger partial charge >= 0.3 is 0 Å². The highest BCUT2D eigenvalue weighted by molar-refractivity contribution is 5.94. The molecule has 0 spiro atoms. The number of carbonyl (C=O) groups excluding carboxylic acids is 1. The molecule has 0 saturated carbocycles. The van der Waals surface area contributed by atoms with Gasteiger partial charge in [0.05, 0.1) is 0 Å². The topological polar surface area (TPSA) is 46.3 Å². The molecule has 0 radical (unpaired) electrons. The third-order valence-corrected chi connectivity index (χ3v) is 4.87. The molecule has 0 bridgehead atoms. The quantitative estimate of drug-likeness (QED) is 0.935. The van der Waals surface area contributed by atoms with Crippen LogP contribution in [0.15, 0.2) is 54.6 Å². The van der Waals surface area contributed by atoms with E-state index in [4.69, 9.17) is 5.73 Å². The van der Waals surface area contributed by atoms with Crippen molar-refractivity contribution in [2.24, 2.45) is 5.73 Å². The van der Waals surface area contributed by atoms with Crippen LogP contribution in [-0.4, -0.2) is 29.9 Å². The summed E-state index contributed by atoms with van der Waals surface area (Å²) in [7, 11) is 0. The lowest BCUT2D eigenvalue weighted by Gasteiger charge is -2.36. The number of nitrogens with two attached hydrogens (primary N) is 1. The summed E-state index contributed by atoms with van der Waals surface area (Å²) in [4.78, 5) is 14.6. The van der Waals surface area contributed by atoms with Crippen LogP contribution in [0.5, 0.6) is 0 Å². The lowest BCUT2D eigenvalue weighted by Crippen LogP contribution is -2.48. The Labute approximate surface area is 144 Å². The molecule has 2 aromatic carbocycles. The molecule has 24 heavy (non-hydrogen) atoms. The summed E-state index contributed by atoms with van der Waals surface area (Å²) in [6.07, 6.45) is 0.930. The van der Waals surface area contributed by atoms with E-state index in [1.807, 2.05) is 35.2 Å². The molecule has 2 unspecified atom stereocenters. The normalized spacial score (nSPS) is 21.1. The number of amides is 1. The van der Waals surface area contributed by atoms with Crippen LogP contribution in [0.2, 0.25) is 0 Å². The highest BCUT2D eigenvalue weighted by Crippen LogP contribution is 2.28. The first-order chi connectivity index (χ1) is 11.5. The van der Waals surface area contributed by atoms with Crippen LogP contribution in [0, 0.1) is 0 Å². The third kappa shape index (κ3) is 3.68. The van der Waals surface area contributed by atoms with Crippen LogP contribution in [-0.2, 0) is 0 Å². The fourth-order valence-corrected chi connectivity index (χ4v) is 3.46. The maximum Gasteiger partial charge on any atom is 0.253 e. The van der Waals surface area contributed by atoms with Crippen molar-refractivity contribution in [3.63, 3.8) is 0 Å². The van der Waals surface area contributed by atoms with E-state index in [-0.39, 0.29) is 11.9 Å². The second-order valence-electron chi connectivity index (χ2n) is 7.09. The summed E-state index contributed by atoms with van der Waals surface area (Å²) in [6.45, 7) is 5.77. The Bertz CT molecular complexity index is 679. The highest BCUT2D eigenvalue weighted by Gasteiger charge is 2.29. The van der Waals surface area contributed by atoms with Crippen molar-refractivity contribution >= 4 is 5.91 Å². The fourth-order valence-electron chi connectivity index (χ4n) is 3.46. The lowest BCUT2D eigenvalue weighted by atomic mass is 9.87. The van der Waals surface area contributed by atoms with Gasteiger partial charge < -0.3 is 10.6 Å². The van der Waals surface area contributed by atoms with Gasteiger partial charge in [-0.1, -0.05) is 56.3 Å². The summed E-state index contributed by atoms with van der Waals surface area (Å²) in [6, 6.07) is 18.3. The molecule has 3 rings (SSSR count). The van der Waals surface area contributed by atoms with Crippen LogP contribution in [0.4, 0.5) is 0 Å². The van der Waals surface area contributed by atoms with Crippen LogP contribution in [0.25, 0.3) is 0 Å². The molecule has 3 nitrogen and oxygen atoms in total. The van der Waals surface area contributed by atoms with Crippen LogP contribution >= 0.6 is 0 Å². The van der Waals surface area contributed by atoms with Gasteiger partial charge in [0.25, 0.3) is 5.91 Å². The first-order valence-electron chi connectivity index (χ1n) is 8.74. The molecular weight excluding hydrogens is 296 g/mol. The molecule has 2 aromatic rings. The Morgan fingerprint density at radius 1 is 1.04 bits per heavy atom. The van der Waals surface area contributed by atoms with Gasteiger partial charge in [-0.2, -0.15) is 0 Å². The predicted octanol–water partition coefficient (Wildman–Crippen LogP) is 3.77. The molecule has 0 aliphatic carbocycles. The Morgan fingerprint density at radius 2 is 1.71 bits per heavy atom. The van der Waals surface area contributed by atoms with E-state index in [9.17, 15) is 4.79 Å². The number of rotatable bonds is 3. The summed E-state index contributed by atoms with van der Waals surface area (Å²) in [5.74, 6) is 0.918. The minimum Gasteiger partial charge on any atom is -0.336 e. The van der Waals surface area contributed by atoms with E-state index in [0.717, 1.165) is 18.5 Å². The Morgan fingerprint density at radius 3 is 2.33 bits per heavy atom. The van der Waals surface area contributed by atoms with Crippen LogP contribution in [0.1, 0.15) is 53.6 Å². The van der Waals surface area contributed by atoms with Crippen molar-refractivity contribution in [3.05, 3.63) is 71.3 Å². The summed E-state index contributed by atoms with van der Waals surface area (Å²) >= 11 is 0. The molecule has 1 aliphatic rings. The summed E-state index contributed by atoms with van der Waals surface area (Å²) in [5.41, 5.74) is 9.61. The number of hydrogen-bond donors (Lipinski definition) is 1. The van der Waals surface area contributed by atoms with Crippen molar-refractivity contribution in [1.82, 2.24) is 4.90 Å². The Kier molecular flexibility index (Phi) is 5.00. The van der Waals surface area contributed by atoms with Crippen LogP contribution < -0.4 is 5.73 Å². The van der Waals surface area contributed by atoms with Gasteiger partial charge in [-0.15, -0.1) is 0 Å². The maximum absolute atomic E-state index is 12.7. The smallest absolute Gasteiger partial charge is 0.253 e. The van der Waals surface area contributed by atoms with E-state index in [1.54, 1.807) is 0 Å². The standard InChI is InChI=1S/C21H26N2O/c1-15(2)16-8-10-17(11-9-16)19-12-20(22)14-23(13-19)21(24)18-6-4-3-5-7-18/h3-11,15,19-20H,12-14,22H2,1-2H3. The van der Waals surface area contributed by atoms with Gasteiger partial charge in [-0.25, -0.2) is 0 Å². The average molecular weight is 322 g/mol. The lowest BCUT2D eigenvalue weighted by molar-refractivity contribution is 0.0689. The monoisotopic (exact) mass is 322 g/mol. The first kappa shape index (κ1) is 16.7. The van der Waals surface area contributed by atoms with Crippen molar-refractivity contribution < 1.29 is 4.79 Å². The van der Waals surface area contributed by atoms with Crippen molar-refractivity contribution in [2.75, 3.05) is 13.1 Å². The molecule has 1 amide bonds. The van der Waals surface area contributed by atoms with Gasteiger partial charge in [0, 0.05) is 30.6 Å². The van der Waals surface area contributed by atoms with Crippen molar-refractivity contribution in [3.8, 4) is 0 Å². The molecule has 0 aromatic heterocycles. The van der Waals surface area contributed by atoms with Crippen LogP contribution in [0.3, 0.4) is 0 Å². The molecular formula is C21H26N2O. The zero-order valence-corrected chi connectivity index (χ0v) is 14.5. The van der Waals surface area contributed by atoms with E-state index in [0.29, 0.717) is 18.4 Å². The minimum atomic E-state index is 0.0289. The second kappa shape index (κ2) is 7.18. The molecule has 3 heteroatoms. The molecule has 2 atom stereocenters. The number of hydrogen-bond acceptors (Lipinski definition) is 2. The maximum atomic E-state index is 12.7. The van der Waals surface area contributed by atoms with Crippen molar-refractivity contribution in [1.29, 1.82) is 0 Å². The molecule has 1 fully saturated rings. The summed E-state index contributed by atoms with van der Waals surface area (Å²) < 4.78 is 0. The average Bonchev–Trinajstić information content (AvgIpc) is 2.61. The Balaban J connectivity index is 1.77. The number of nitrogens with zero attached hydrogens (tertiary/aromatic N) is 1. The Hall–Kier alpha value is -2.13. The van der Waals surface area contributed by atoms with E-state index in [2.05, 4.69) is 38.1 Å². The zero-order valence-electron chi connectivity index (χ0n) is 14.5. The predicted molar refractivity (Wildman–Crippen MR) is 98.2 cm³/mol. The van der Waals surface area contributed by atoms with Gasteiger partial charge in [0.1, 0.15) is 0 Å². The van der Waals surface area contributed by atoms with E-state index < -0.39 is 0 Å². The van der Waals surface area contributed by atoms with E-state index >= 15 is 0 Å². The summed E-state index contributed by atoms with van der Waals surface area (Å²) in [5, 5.41) is 0. The fraction of sp³-hybridized carbons (Fsp3) is 0.381. The molecule has 126 valence electrons. The number of likely N-dealkylation sites (tertiary alicyclic amines) is 1.